The van der Waals surface area contributed by atoms with Crippen molar-refractivity contribution in [3.63, 3.8) is 0 Å². The summed E-state index contributed by atoms with van der Waals surface area (Å²) >= 11 is 7.87. The summed E-state index contributed by atoms with van der Waals surface area (Å²) in [4.78, 5) is 14.6. The van der Waals surface area contributed by atoms with Crippen LogP contribution in [0.15, 0.2) is 48.5 Å². The number of nitrogens with zero attached hydrogens (tertiary/aromatic N) is 1. The first-order chi connectivity index (χ1) is 11.2. The molecule has 1 fully saturated rings. The lowest BCUT2D eigenvalue weighted by Gasteiger charge is -2.24. The molecule has 1 saturated heterocycles. The zero-order valence-corrected chi connectivity index (χ0v) is 14.4. The number of benzene rings is 2. The molecule has 1 amide bonds. The number of methoxy groups -OCH3 is 1. The smallest absolute Gasteiger partial charge is 0.228 e. The summed E-state index contributed by atoms with van der Waals surface area (Å²) in [5, 5.41) is 0.761. The second kappa shape index (κ2) is 7.28. The van der Waals surface area contributed by atoms with Crippen LogP contribution in [0, 0.1) is 0 Å². The normalized spacial score (nSPS) is 17.3. The molecular weight excluding hydrogens is 330 g/mol. The van der Waals surface area contributed by atoms with Crippen LogP contribution in [0.2, 0.25) is 5.02 Å². The fraction of sp³-hybridized carbons (Fsp3) is 0.278. The van der Waals surface area contributed by atoms with Gasteiger partial charge in [0.1, 0.15) is 11.1 Å². The molecule has 3 nitrogen and oxygen atoms in total. The van der Waals surface area contributed by atoms with Crippen LogP contribution in [-0.4, -0.2) is 30.2 Å². The van der Waals surface area contributed by atoms with Crippen LogP contribution in [0.25, 0.3) is 0 Å². The lowest BCUT2D eigenvalue weighted by molar-refractivity contribution is -0.130. The molecule has 0 spiro atoms. The highest BCUT2D eigenvalue weighted by Crippen LogP contribution is 2.38. The molecule has 0 unspecified atom stereocenters. The van der Waals surface area contributed by atoms with Crippen LogP contribution in [0.4, 0.5) is 0 Å². The fourth-order valence-electron chi connectivity index (χ4n) is 2.68. The van der Waals surface area contributed by atoms with E-state index < -0.39 is 0 Å². The summed E-state index contributed by atoms with van der Waals surface area (Å²) < 4.78 is 5.15. The zero-order chi connectivity index (χ0) is 16.2. The van der Waals surface area contributed by atoms with Gasteiger partial charge in [-0.1, -0.05) is 35.9 Å². The summed E-state index contributed by atoms with van der Waals surface area (Å²) in [7, 11) is 1.64. The lowest BCUT2D eigenvalue weighted by Crippen LogP contribution is -2.31. The van der Waals surface area contributed by atoms with E-state index in [1.807, 2.05) is 53.4 Å². The number of thioether (sulfide) groups is 1. The maximum atomic E-state index is 12.7. The molecule has 1 aliphatic heterocycles. The maximum absolute atomic E-state index is 12.7. The van der Waals surface area contributed by atoms with Crippen molar-refractivity contribution in [2.75, 3.05) is 19.4 Å². The minimum Gasteiger partial charge on any atom is -0.497 e. The van der Waals surface area contributed by atoms with E-state index in [0.717, 1.165) is 29.2 Å². The van der Waals surface area contributed by atoms with Crippen LogP contribution in [0.3, 0.4) is 0 Å². The maximum Gasteiger partial charge on any atom is 0.228 e. The minimum atomic E-state index is 0.0550. The van der Waals surface area contributed by atoms with Gasteiger partial charge in [-0.15, -0.1) is 11.8 Å². The number of carbonyl (C=O) groups is 1. The molecule has 3 rings (SSSR count). The first kappa shape index (κ1) is 16.2. The number of ether oxygens (including phenoxy) is 1. The molecule has 0 aliphatic carbocycles. The SMILES string of the molecule is COc1ccc(CC(=O)N2CCS[C@H]2c2cccc(Cl)c2)cc1. The van der Waals surface area contributed by atoms with Gasteiger partial charge >= 0.3 is 0 Å². The topological polar surface area (TPSA) is 29.5 Å². The number of hydrogen-bond acceptors (Lipinski definition) is 3. The van der Waals surface area contributed by atoms with Gasteiger partial charge in [0, 0.05) is 17.3 Å². The van der Waals surface area contributed by atoms with Gasteiger partial charge in [-0.05, 0) is 35.4 Å². The quantitative estimate of drug-likeness (QED) is 0.831. The molecule has 1 aliphatic rings. The number of carbonyl (C=O) groups excluding carboxylic acids is 1. The minimum absolute atomic E-state index is 0.0550. The summed E-state index contributed by atoms with van der Waals surface area (Å²) in [5.41, 5.74) is 2.08. The standard InChI is InChI=1S/C18H18ClNO2S/c1-22-16-7-5-13(6-8-16)11-17(21)20-9-10-23-18(20)14-3-2-4-15(19)12-14/h2-8,12,18H,9-11H2,1H3/t18-/m0/s1. The van der Waals surface area contributed by atoms with Gasteiger partial charge in [0.2, 0.25) is 5.91 Å². The Morgan fingerprint density at radius 2 is 2.09 bits per heavy atom. The van der Waals surface area contributed by atoms with E-state index in [9.17, 15) is 4.79 Å². The Labute approximate surface area is 145 Å². The van der Waals surface area contributed by atoms with E-state index in [1.54, 1.807) is 18.9 Å². The average molecular weight is 348 g/mol. The molecule has 1 atom stereocenters. The number of hydrogen-bond donors (Lipinski definition) is 0. The third kappa shape index (κ3) is 3.82. The van der Waals surface area contributed by atoms with Gasteiger partial charge in [0.15, 0.2) is 0 Å². The predicted octanol–water partition coefficient (Wildman–Crippen LogP) is 4.17. The van der Waals surface area contributed by atoms with E-state index in [2.05, 4.69) is 0 Å². The molecule has 5 heteroatoms. The average Bonchev–Trinajstić information content (AvgIpc) is 3.05. The Hall–Kier alpha value is -1.65. The van der Waals surface area contributed by atoms with Crippen LogP contribution >= 0.6 is 23.4 Å². The van der Waals surface area contributed by atoms with Crippen molar-refractivity contribution in [2.45, 2.75) is 11.8 Å². The highest BCUT2D eigenvalue weighted by atomic mass is 35.5. The van der Waals surface area contributed by atoms with Crippen molar-refractivity contribution in [1.29, 1.82) is 0 Å². The highest BCUT2D eigenvalue weighted by molar-refractivity contribution is 7.99. The van der Waals surface area contributed by atoms with Crippen LogP contribution < -0.4 is 4.74 Å². The first-order valence-electron chi connectivity index (χ1n) is 7.47. The molecule has 1 heterocycles. The van der Waals surface area contributed by atoms with Crippen molar-refractivity contribution in [2.24, 2.45) is 0 Å². The van der Waals surface area contributed by atoms with Crippen molar-refractivity contribution in [1.82, 2.24) is 4.90 Å². The van der Waals surface area contributed by atoms with Crippen molar-refractivity contribution in [3.05, 3.63) is 64.7 Å². The Balaban J connectivity index is 1.72. The van der Waals surface area contributed by atoms with E-state index in [4.69, 9.17) is 16.3 Å². The lowest BCUT2D eigenvalue weighted by atomic mass is 10.1. The molecule has 2 aromatic rings. The molecule has 0 saturated carbocycles. The van der Waals surface area contributed by atoms with E-state index in [0.29, 0.717) is 11.4 Å². The van der Waals surface area contributed by atoms with E-state index in [1.165, 1.54) is 0 Å². The zero-order valence-electron chi connectivity index (χ0n) is 12.9. The summed E-state index contributed by atoms with van der Waals surface area (Å²) in [6.07, 6.45) is 0.404. The molecule has 0 N–H and O–H groups in total. The monoisotopic (exact) mass is 347 g/mol. The van der Waals surface area contributed by atoms with Crippen molar-refractivity contribution < 1.29 is 9.53 Å². The van der Waals surface area contributed by atoms with Crippen LogP contribution in [0.1, 0.15) is 16.5 Å². The second-order valence-electron chi connectivity index (χ2n) is 5.39. The molecule has 0 radical (unpaired) electrons. The van der Waals surface area contributed by atoms with Crippen molar-refractivity contribution in [3.8, 4) is 5.75 Å². The fourth-order valence-corrected chi connectivity index (χ4v) is 4.15. The first-order valence-corrected chi connectivity index (χ1v) is 8.89. The molecule has 0 bridgehead atoms. The number of amides is 1. The second-order valence-corrected chi connectivity index (χ2v) is 7.01. The summed E-state index contributed by atoms with van der Waals surface area (Å²) in [5.74, 6) is 1.89. The summed E-state index contributed by atoms with van der Waals surface area (Å²) in [6, 6.07) is 15.4. The van der Waals surface area contributed by atoms with Gasteiger partial charge in [-0.2, -0.15) is 0 Å². The molecule has 2 aromatic carbocycles. The van der Waals surface area contributed by atoms with Gasteiger partial charge in [0.05, 0.1) is 13.5 Å². The summed E-state index contributed by atoms with van der Waals surface area (Å²) in [6.45, 7) is 0.775. The Kier molecular flexibility index (Phi) is 5.13. The number of halogens is 1. The van der Waals surface area contributed by atoms with Crippen LogP contribution in [0.5, 0.6) is 5.75 Å². The molecule has 120 valence electrons. The predicted molar refractivity (Wildman–Crippen MR) is 95.1 cm³/mol. The molecule has 23 heavy (non-hydrogen) atoms. The van der Waals surface area contributed by atoms with Gasteiger partial charge < -0.3 is 9.64 Å². The van der Waals surface area contributed by atoms with Gasteiger partial charge in [-0.25, -0.2) is 0 Å². The molecular formula is C18H18ClNO2S. The van der Waals surface area contributed by atoms with Crippen LogP contribution in [-0.2, 0) is 11.2 Å². The van der Waals surface area contributed by atoms with E-state index in [-0.39, 0.29) is 11.3 Å². The Bertz CT molecular complexity index is 690. The largest absolute Gasteiger partial charge is 0.497 e. The van der Waals surface area contributed by atoms with Crippen molar-refractivity contribution >= 4 is 29.3 Å². The molecule has 0 aromatic heterocycles. The Morgan fingerprint density at radius 1 is 1.30 bits per heavy atom. The highest BCUT2D eigenvalue weighted by Gasteiger charge is 2.30. The van der Waals surface area contributed by atoms with Gasteiger partial charge in [0.25, 0.3) is 0 Å². The Morgan fingerprint density at radius 3 is 2.78 bits per heavy atom. The number of rotatable bonds is 4. The third-order valence-electron chi connectivity index (χ3n) is 3.86. The van der Waals surface area contributed by atoms with E-state index >= 15 is 0 Å². The third-order valence-corrected chi connectivity index (χ3v) is 5.36. The van der Waals surface area contributed by atoms with Gasteiger partial charge in [-0.3, -0.25) is 4.79 Å².